The Bertz CT molecular complexity index is 668. The van der Waals surface area contributed by atoms with Crippen molar-refractivity contribution < 1.29 is 4.74 Å². The molecule has 1 N–H and O–H groups in total. The lowest BCUT2D eigenvalue weighted by Gasteiger charge is -2.23. The van der Waals surface area contributed by atoms with Gasteiger partial charge < -0.3 is 10.1 Å². The van der Waals surface area contributed by atoms with Crippen molar-refractivity contribution in [1.82, 2.24) is 14.6 Å². The molecular weight excluding hydrogens is 292 g/mol. The average Bonchev–Trinajstić information content (AvgIpc) is 2.88. The summed E-state index contributed by atoms with van der Waals surface area (Å²) >= 11 is 0. The molecule has 0 amide bonds. The first-order valence-electron chi connectivity index (χ1n) is 7.90. The molecule has 2 aromatic rings. The molecule has 1 saturated heterocycles. The van der Waals surface area contributed by atoms with Crippen molar-refractivity contribution in [2.75, 3.05) is 18.5 Å². The van der Waals surface area contributed by atoms with Crippen LogP contribution in [0.5, 0.6) is 0 Å². The van der Waals surface area contributed by atoms with E-state index in [1.807, 2.05) is 22.8 Å². The van der Waals surface area contributed by atoms with Crippen LogP contribution in [0, 0.1) is 0 Å². The lowest BCUT2D eigenvalue weighted by Crippen LogP contribution is -2.28. The number of nitrogens with zero attached hydrogens (tertiary/aromatic N) is 3. The third-order valence-electron chi connectivity index (χ3n) is 3.72. The van der Waals surface area contributed by atoms with Crippen molar-refractivity contribution in [2.24, 2.45) is 0 Å². The Hall–Kier alpha value is -1.66. The third kappa shape index (κ3) is 3.75. The number of imidazole rings is 1. The van der Waals surface area contributed by atoms with Crippen molar-refractivity contribution >= 4 is 25.6 Å². The number of fused-ring (bicyclic) bond motifs is 1. The summed E-state index contributed by atoms with van der Waals surface area (Å²) in [6.45, 7) is 8.61. The first-order valence-corrected chi connectivity index (χ1v) is 11.5. The molecular formula is C16H24N4OSi. The molecule has 0 unspecified atom stereocenters. The summed E-state index contributed by atoms with van der Waals surface area (Å²) in [5.41, 5.74) is 4.23. The molecule has 2 aromatic heterocycles. The molecule has 0 spiro atoms. The van der Waals surface area contributed by atoms with Gasteiger partial charge in [-0.2, -0.15) is 0 Å². The van der Waals surface area contributed by atoms with E-state index in [0.29, 0.717) is 6.04 Å². The van der Waals surface area contributed by atoms with Gasteiger partial charge in [-0.1, -0.05) is 25.3 Å². The Morgan fingerprint density at radius 3 is 2.77 bits per heavy atom. The summed E-state index contributed by atoms with van der Waals surface area (Å²) < 4.78 is 7.31. The number of rotatable bonds is 4. The highest BCUT2D eigenvalue weighted by molar-refractivity contribution is 6.81. The van der Waals surface area contributed by atoms with E-state index >= 15 is 0 Å². The monoisotopic (exact) mass is 316 g/mol. The van der Waals surface area contributed by atoms with E-state index in [-0.39, 0.29) is 0 Å². The van der Waals surface area contributed by atoms with Gasteiger partial charge in [-0.15, -0.1) is 5.10 Å². The summed E-state index contributed by atoms with van der Waals surface area (Å²) in [4.78, 5) is 4.42. The van der Waals surface area contributed by atoms with Crippen LogP contribution in [-0.4, -0.2) is 41.9 Å². The first kappa shape index (κ1) is 15.2. The maximum Gasteiger partial charge on any atom is 0.154 e. The highest BCUT2D eigenvalue weighted by atomic mass is 28.3. The number of anilines is 1. The molecule has 118 valence electrons. The van der Waals surface area contributed by atoms with Gasteiger partial charge in [-0.25, -0.2) is 9.50 Å². The van der Waals surface area contributed by atoms with Crippen LogP contribution < -0.4 is 5.32 Å². The summed E-state index contributed by atoms with van der Waals surface area (Å²) in [5, 5.41) is 8.20. The molecule has 3 heterocycles. The Morgan fingerprint density at radius 1 is 1.27 bits per heavy atom. The largest absolute Gasteiger partial charge is 0.381 e. The highest BCUT2D eigenvalue weighted by Crippen LogP contribution is 2.16. The van der Waals surface area contributed by atoms with Crippen LogP contribution in [-0.2, 0) is 4.74 Å². The fraction of sp³-hybridized carbons (Fsp3) is 0.500. The topological polar surface area (TPSA) is 51.5 Å². The molecule has 0 aromatic carbocycles. The van der Waals surface area contributed by atoms with E-state index in [0.717, 1.165) is 43.2 Å². The minimum atomic E-state index is -1.23. The van der Waals surface area contributed by atoms with Gasteiger partial charge in [0.25, 0.3) is 0 Å². The van der Waals surface area contributed by atoms with Crippen LogP contribution in [0.25, 0.3) is 11.7 Å². The van der Waals surface area contributed by atoms with Gasteiger partial charge in [0.2, 0.25) is 0 Å². The first-order chi connectivity index (χ1) is 10.5. The molecule has 0 atom stereocenters. The van der Waals surface area contributed by atoms with E-state index < -0.39 is 8.07 Å². The lowest BCUT2D eigenvalue weighted by atomic mass is 10.1. The molecule has 0 aliphatic carbocycles. The fourth-order valence-electron chi connectivity index (χ4n) is 2.47. The molecule has 1 aliphatic heterocycles. The van der Waals surface area contributed by atoms with Crippen molar-refractivity contribution in [3.63, 3.8) is 0 Å². The summed E-state index contributed by atoms with van der Waals surface area (Å²) in [7, 11) is -1.23. The molecule has 1 fully saturated rings. The normalized spacial score (nSPS) is 17.4. The Morgan fingerprint density at radius 2 is 2.05 bits per heavy atom. The molecule has 1 aliphatic rings. The molecule has 6 heteroatoms. The number of ether oxygens (including phenoxy) is 1. The smallest absolute Gasteiger partial charge is 0.154 e. The average molecular weight is 316 g/mol. The SMILES string of the molecule is C[Si](C)(C)/C=C/c1cnc2ccc(NC3CCOCC3)nn12. The second-order valence-electron chi connectivity index (χ2n) is 6.90. The number of aromatic nitrogens is 3. The van der Waals surface area contributed by atoms with E-state index in [4.69, 9.17) is 9.84 Å². The molecule has 0 radical (unpaired) electrons. The van der Waals surface area contributed by atoms with Crippen LogP contribution in [0.2, 0.25) is 19.6 Å². The van der Waals surface area contributed by atoms with Gasteiger partial charge in [0.15, 0.2) is 5.65 Å². The quantitative estimate of drug-likeness (QED) is 0.880. The summed E-state index contributed by atoms with van der Waals surface area (Å²) in [6, 6.07) is 4.47. The van der Waals surface area contributed by atoms with Crippen molar-refractivity contribution in [2.45, 2.75) is 38.5 Å². The lowest BCUT2D eigenvalue weighted by molar-refractivity contribution is 0.0903. The minimum absolute atomic E-state index is 0.447. The van der Waals surface area contributed by atoms with Gasteiger partial charge in [0.05, 0.1) is 20.0 Å². The minimum Gasteiger partial charge on any atom is -0.381 e. The van der Waals surface area contributed by atoms with E-state index in [9.17, 15) is 0 Å². The van der Waals surface area contributed by atoms with Crippen molar-refractivity contribution in [1.29, 1.82) is 0 Å². The number of nitrogens with one attached hydrogen (secondary N) is 1. The van der Waals surface area contributed by atoms with Gasteiger partial charge in [0.1, 0.15) is 5.82 Å². The second-order valence-corrected chi connectivity index (χ2v) is 12.0. The van der Waals surface area contributed by atoms with E-state index in [1.54, 1.807) is 0 Å². The van der Waals surface area contributed by atoms with E-state index in [2.05, 4.69) is 41.7 Å². The zero-order valence-electron chi connectivity index (χ0n) is 13.5. The van der Waals surface area contributed by atoms with Gasteiger partial charge in [-0.3, -0.25) is 0 Å². The maximum absolute atomic E-state index is 5.40. The summed E-state index contributed by atoms with van der Waals surface area (Å²) in [6.07, 6.45) is 6.10. The van der Waals surface area contributed by atoms with Crippen molar-refractivity contribution in [3.8, 4) is 0 Å². The predicted molar refractivity (Wildman–Crippen MR) is 92.8 cm³/mol. The van der Waals surface area contributed by atoms with Crippen molar-refractivity contribution in [3.05, 3.63) is 29.7 Å². The fourth-order valence-corrected chi connectivity index (χ4v) is 3.14. The van der Waals surface area contributed by atoms with E-state index in [1.165, 1.54) is 0 Å². The van der Waals surface area contributed by atoms with Gasteiger partial charge in [0, 0.05) is 19.3 Å². The zero-order valence-corrected chi connectivity index (χ0v) is 14.5. The molecule has 22 heavy (non-hydrogen) atoms. The molecule has 0 saturated carbocycles. The number of hydrogen-bond donors (Lipinski definition) is 1. The molecule has 3 rings (SSSR count). The van der Waals surface area contributed by atoms with Gasteiger partial charge in [-0.05, 0) is 31.1 Å². The molecule has 5 nitrogen and oxygen atoms in total. The Balaban J connectivity index is 1.83. The zero-order chi connectivity index (χ0) is 15.6. The second kappa shape index (κ2) is 6.22. The highest BCUT2D eigenvalue weighted by Gasteiger charge is 2.14. The maximum atomic E-state index is 5.40. The van der Waals surface area contributed by atoms with Crippen LogP contribution in [0.3, 0.4) is 0 Å². The van der Waals surface area contributed by atoms with Gasteiger partial charge >= 0.3 is 0 Å². The molecule has 0 bridgehead atoms. The van der Waals surface area contributed by atoms with Crippen LogP contribution in [0.1, 0.15) is 18.5 Å². The van der Waals surface area contributed by atoms with Crippen LogP contribution >= 0.6 is 0 Å². The standard InChI is InChI=1S/C16H24N4OSi/c1-22(2,3)11-8-14-12-17-16-5-4-15(19-20(14)16)18-13-6-9-21-10-7-13/h4-5,8,11-13H,6-7,9-10H2,1-3H3,(H,18,19)/b11-8+. The Labute approximate surface area is 132 Å². The van der Waals surface area contributed by atoms with Crippen LogP contribution in [0.4, 0.5) is 5.82 Å². The Kier molecular flexibility index (Phi) is 4.31. The van der Waals surface area contributed by atoms with Crippen LogP contribution in [0.15, 0.2) is 24.0 Å². The summed E-state index contributed by atoms with van der Waals surface area (Å²) in [5.74, 6) is 0.903. The third-order valence-corrected chi connectivity index (χ3v) is 4.88. The predicted octanol–water partition coefficient (Wildman–Crippen LogP) is 3.21. The number of hydrogen-bond acceptors (Lipinski definition) is 4.